The van der Waals surface area contributed by atoms with Crippen molar-refractivity contribution in [3.63, 3.8) is 0 Å². The second kappa shape index (κ2) is 6.44. The van der Waals surface area contributed by atoms with E-state index in [1.165, 1.54) is 0 Å². The Kier molecular flexibility index (Phi) is 5.22. The van der Waals surface area contributed by atoms with Crippen molar-refractivity contribution in [3.8, 4) is 0 Å². The van der Waals surface area contributed by atoms with Gasteiger partial charge in [-0.05, 0) is 19.8 Å². The lowest BCUT2D eigenvalue weighted by Gasteiger charge is -2.18. The third kappa shape index (κ3) is 3.26. The lowest BCUT2D eigenvalue weighted by molar-refractivity contribution is 0.0496. The number of nitrogens with zero attached hydrogens (tertiary/aromatic N) is 2. The Morgan fingerprint density at radius 3 is 2.61 bits per heavy atom. The van der Waals surface area contributed by atoms with Crippen LogP contribution < -0.4 is 0 Å². The molecule has 0 aliphatic heterocycles. The third-order valence-corrected chi connectivity index (χ3v) is 2.57. The molecule has 1 heterocycles. The Bertz CT molecular complexity index is 419. The summed E-state index contributed by atoms with van der Waals surface area (Å²) in [6, 6.07) is 0. The fourth-order valence-electron chi connectivity index (χ4n) is 1.67. The molecule has 5 heteroatoms. The normalized spacial score (nSPS) is 12.6. The van der Waals surface area contributed by atoms with E-state index >= 15 is 0 Å². The van der Waals surface area contributed by atoms with Gasteiger partial charge >= 0.3 is 5.97 Å². The molecule has 1 atom stereocenters. The molecular formula is C13H20N2O3. The quantitative estimate of drug-likeness (QED) is 0.752. The molecule has 0 radical (unpaired) electrons. The molecule has 0 fully saturated rings. The smallest absolute Gasteiger partial charge is 0.357 e. The number of methoxy groups -OCH3 is 1. The van der Waals surface area contributed by atoms with Gasteiger partial charge in [0.2, 0.25) is 0 Å². The number of hydrogen-bond donors (Lipinski definition) is 0. The van der Waals surface area contributed by atoms with Gasteiger partial charge in [0, 0.05) is 18.9 Å². The molecular weight excluding hydrogens is 232 g/mol. The highest BCUT2D eigenvalue weighted by Crippen LogP contribution is 2.22. The van der Waals surface area contributed by atoms with Crippen LogP contribution in [0.25, 0.3) is 0 Å². The van der Waals surface area contributed by atoms with E-state index in [0.29, 0.717) is 23.7 Å². The molecule has 18 heavy (non-hydrogen) atoms. The van der Waals surface area contributed by atoms with Crippen LogP contribution in [-0.4, -0.2) is 29.7 Å². The fourth-order valence-corrected chi connectivity index (χ4v) is 1.67. The minimum Gasteiger partial charge on any atom is -0.461 e. The Hall–Kier alpha value is -1.49. The van der Waals surface area contributed by atoms with E-state index in [2.05, 4.69) is 9.97 Å². The Morgan fingerprint density at radius 2 is 2.11 bits per heavy atom. The van der Waals surface area contributed by atoms with Gasteiger partial charge in [-0.1, -0.05) is 13.8 Å². The molecule has 0 saturated carbocycles. The van der Waals surface area contributed by atoms with Crippen LogP contribution in [0.4, 0.5) is 0 Å². The maximum atomic E-state index is 11.7. The number of ether oxygens (including phenoxy) is 2. The van der Waals surface area contributed by atoms with E-state index in [-0.39, 0.29) is 12.0 Å². The van der Waals surface area contributed by atoms with E-state index in [1.54, 1.807) is 27.2 Å². The minimum atomic E-state index is -0.419. The number of carbonyl (C=O) groups is 1. The van der Waals surface area contributed by atoms with Crippen molar-refractivity contribution in [1.29, 1.82) is 0 Å². The number of aryl methyl sites for hydroxylation is 1. The average molecular weight is 252 g/mol. The lowest BCUT2D eigenvalue weighted by Crippen LogP contribution is -2.17. The summed E-state index contributed by atoms with van der Waals surface area (Å²) < 4.78 is 10.3. The van der Waals surface area contributed by atoms with Gasteiger partial charge in [0.05, 0.1) is 6.61 Å². The fraction of sp³-hybridized carbons (Fsp3) is 0.615. The van der Waals surface area contributed by atoms with Crippen molar-refractivity contribution in [3.05, 3.63) is 23.3 Å². The van der Waals surface area contributed by atoms with Gasteiger partial charge < -0.3 is 9.47 Å². The number of carbonyl (C=O) groups excluding carboxylic acids is 1. The molecule has 1 unspecified atom stereocenters. The molecule has 0 aromatic carbocycles. The molecule has 0 spiro atoms. The summed E-state index contributed by atoms with van der Waals surface area (Å²) in [4.78, 5) is 20.2. The van der Waals surface area contributed by atoms with Crippen molar-refractivity contribution >= 4 is 5.97 Å². The van der Waals surface area contributed by atoms with Crippen LogP contribution in [0, 0.1) is 12.8 Å². The van der Waals surface area contributed by atoms with E-state index in [9.17, 15) is 4.79 Å². The van der Waals surface area contributed by atoms with Gasteiger partial charge in [0.1, 0.15) is 6.10 Å². The van der Waals surface area contributed by atoms with Gasteiger partial charge in [-0.2, -0.15) is 0 Å². The van der Waals surface area contributed by atoms with Gasteiger partial charge in [0.25, 0.3) is 0 Å². The van der Waals surface area contributed by atoms with E-state index in [1.807, 2.05) is 13.8 Å². The van der Waals surface area contributed by atoms with Crippen molar-refractivity contribution in [2.24, 2.45) is 5.92 Å². The first kappa shape index (κ1) is 14.6. The van der Waals surface area contributed by atoms with Crippen molar-refractivity contribution in [2.45, 2.75) is 33.8 Å². The van der Waals surface area contributed by atoms with Gasteiger partial charge in [-0.25, -0.2) is 14.8 Å². The standard InChI is InChI=1S/C13H20N2O3/c1-6-18-13(16)10-9(4)7-14-12(15-10)11(17-5)8(2)3/h7-8,11H,6H2,1-5H3. The van der Waals surface area contributed by atoms with Crippen LogP contribution in [0.2, 0.25) is 0 Å². The number of esters is 1. The molecule has 0 aliphatic rings. The van der Waals surface area contributed by atoms with E-state index < -0.39 is 5.97 Å². The molecule has 0 bridgehead atoms. The maximum Gasteiger partial charge on any atom is 0.357 e. The molecule has 1 rings (SSSR count). The average Bonchev–Trinajstić information content (AvgIpc) is 2.31. The van der Waals surface area contributed by atoms with Gasteiger partial charge in [-0.3, -0.25) is 0 Å². The zero-order valence-electron chi connectivity index (χ0n) is 11.6. The van der Waals surface area contributed by atoms with Crippen LogP contribution in [-0.2, 0) is 9.47 Å². The highest BCUT2D eigenvalue weighted by molar-refractivity contribution is 5.88. The summed E-state index contributed by atoms with van der Waals surface area (Å²) in [5.41, 5.74) is 1.01. The SMILES string of the molecule is CCOC(=O)c1nc(C(OC)C(C)C)ncc1C. The Morgan fingerprint density at radius 1 is 1.44 bits per heavy atom. The number of hydrogen-bond acceptors (Lipinski definition) is 5. The monoisotopic (exact) mass is 252 g/mol. The summed E-state index contributed by atoms with van der Waals surface area (Å²) >= 11 is 0. The summed E-state index contributed by atoms with van der Waals surface area (Å²) in [6.45, 7) is 7.91. The van der Waals surface area contributed by atoms with E-state index in [4.69, 9.17) is 9.47 Å². The molecule has 1 aromatic heterocycles. The van der Waals surface area contributed by atoms with Crippen LogP contribution in [0.1, 0.15) is 48.8 Å². The summed E-state index contributed by atoms with van der Waals surface area (Å²) in [5, 5.41) is 0. The summed E-state index contributed by atoms with van der Waals surface area (Å²) in [5.74, 6) is 0.325. The molecule has 0 aliphatic carbocycles. The molecule has 0 N–H and O–H groups in total. The molecule has 0 saturated heterocycles. The highest BCUT2D eigenvalue weighted by Gasteiger charge is 2.21. The molecule has 0 amide bonds. The van der Waals surface area contributed by atoms with Gasteiger partial charge in [-0.15, -0.1) is 0 Å². The van der Waals surface area contributed by atoms with Crippen molar-refractivity contribution in [2.75, 3.05) is 13.7 Å². The first-order chi connectivity index (χ1) is 8.51. The highest BCUT2D eigenvalue weighted by atomic mass is 16.5. The van der Waals surface area contributed by atoms with Crippen molar-refractivity contribution < 1.29 is 14.3 Å². The Labute approximate surface area is 108 Å². The largest absolute Gasteiger partial charge is 0.461 e. The first-order valence-corrected chi connectivity index (χ1v) is 6.04. The van der Waals surface area contributed by atoms with E-state index in [0.717, 1.165) is 0 Å². The molecule has 100 valence electrons. The molecule has 1 aromatic rings. The Balaban J connectivity index is 3.10. The topological polar surface area (TPSA) is 61.3 Å². The van der Waals surface area contributed by atoms with Crippen LogP contribution in [0.3, 0.4) is 0 Å². The summed E-state index contributed by atoms with van der Waals surface area (Å²) in [7, 11) is 1.61. The zero-order chi connectivity index (χ0) is 13.7. The predicted molar refractivity (Wildman–Crippen MR) is 67.3 cm³/mol. The summed E-state index contributed by atoms with van der Waals surface area (Å²) in [6.07, 6.45) is 1.40. The third-order valence-electron chi connectivity index (χ3n) is 2.57. The van der Waals surface area contributed by atoms with Crippen molar-refractivity contribution in [1.82, 2.24) is 9.97 Å². The predicted octanol–water partition coefficient (Wildman–Crippen LogP) is 2.31. The first-order valence-electron chi connectivity index (χ1n) is 6.04. The maximum absolute atomic E-state index is 11.7. The van der Waals surface area contributed by atoms with Crippen LogP contribution in [0.5, 0.6) is 0 Å². The van der Waals surface area contributed by atoms with Gasteiger partial charge in [0.15, 0.2) is 11.5 Å². The molecule has 5 nitrogen and oxygen atoms in total. The lowest BCUT2D eigenvalue weighted by atomic mass is 10.1. The second-order valence-electron chi connectivity index (χ2n) is 4.38. The zero-order valence-corrected chi connectivity index (χ0v) is 11.6. The number of rotatable bonds is 5. The minimum absolute atomic E-state index is 0.223. The van der Waals surface area contributed by atoms with Crippen LogP contribution in [0.15, 0.2) is 6.20 Å². The second-order valence-corrected chi connectivity index (χ2v) is 4.38. The van der Waals surface area contributed by atoms with Crippen LogP contribution >= 0.6 is 0 Å². The number of aromatic nitrogens is 2.